The van der Waals surface area contributed by atoms with Gasteiger partial charge in [-0.2, -0.15) is 0 Å². The summed E-state index contributed by atoms with van der Waals surface area (Å²) >= 11 is 5.92. The van der Waals surface area contributed by atoms with Crippen molar-refractivity contribution < 1.29 is 24.4 Å². The predicted molar refractivity (Wildman–Crippen MR) is 113 cm³/mol. The van der Waals surface area contributed by atoms with Crippen LogP contribution in [0, 0.1) is 10.1 Å². The first kappa shape index (κ1) is 21.0. The van der Waals surface area contributed by atoms with Crippen molar-refractivity contribution in [3.8, 4) is 0 Å². The molecule has 1 amide bonds. The number of amides is 1. The second kappa shape index (κ2) is 8.49. The van der Waals surface area contributed by atoms with Crippen LogP contribution < -0.4 is 0 Å². The molecule has 2 atom stereocenters. The summed E-state index contributed by atoms with van der Waals surface area (Å²) in [5.74, 6) is -1.88. The third kappa shape index (κ3) is 4.04. The number of hydrogen-bond acceptors (Lipinski definition) is 6. The van der Waals surface area contributed by atoms with Crippen molar-refractivity contribution in [3.05, 3.63) is 80.4 Å². The molecule has 0 aromatic heterocycles. The summed E-state index contributed by atoms with van der Waals surface area (Å²) in [6.45, 7) is 0.769. The number of rotatable bonds is 5. The van der Waals surface area contributed by atoms with Crippen LogP contribution in [0.4, 0.5) is 5.69 Å². The normalized spacial score (nSPS) is 22.8. The summed E-state index contributed by atoms with van der Waals surface area (Å²) in [6.07, 6.45) is 1.41. The number of aliphatic hydroxyl groups is 1. The molecule has 9 heteroatoms. The van der Waals surface area contributed by atoms with Crippen LogP contribution >= 0.6 is 11.6 Å². The van der Waals surface area contributed by atoms with Gasteiger partial charge < -0.3 is 14.7 Å². The van der Waals surface area contributed by atoms with E-state index >= 15 is 0 Å². The molecule has 0 spiro atoms. The number of non-ortho nitro benzene ring substituents is 1. The molecule has 2 heterocycles. The maximum Gasteiger partial charge on any atom is 0.295 e. The third-order valence-electron chi connectivity index (χ3n) is 5.50. The maximum absolute atomic E-state index is 12.9. The Balaban J connectivity index is 1.81. The molecular weight excluding hydrogens is 424 g/mol. The van der Waals surface area contributed by atoms with Gasteiger partial charge in [0.2, 0.25) is 0 Å². The van der Waals surface area contributed by atoms with Crippen LogP contribution in [0.25, 0.3) is 5.76 Å². The topological polar surface area (TPSA) is 110 Å². The number of ether oxygens (including phenoxy) is 1. The van der Waals surface area contributed by atoms with Crippen molar-refractivity contribution in [1.29, 1.82) is 0 Å². The number of hydrogen-bond donors (Lipinski definition) is 1. The van der Waals surface area contributed by atoms with Gasteiger partial charge in [0.1, 0.15) is 5.76 Å². The largest absolute Gasteiger partial charge is 0.507 e. The van der Waals surface area contributed by atoms with E-state index in [4.69, 9.17) is 16.3 Å². The molecule has 31 heavy (non-hydrogen) atoms. The van der Waals surface area contributed by atoms with E-state index in [1.807, 2.05) is 0 Å². The average molecular weight is 443 g/mol. The Labute approximate surface area is 182 Å². The van der Waals surface area contributed by atoms with Crippen LogP contribution in [0.1, 0.15) is 30.0 Å². The third-order valence-corrected chi connectivity index (χ3v) is 5.75. The van der Waals surface area contributed by atoms with Gasteiger partial charge in [0.25, 0.3) is 17.4 Å². The van der Waals surface area contributed by atoms with Crippen LogP contribution in [0.15, 0.2) is 54.1 Å². The second-order valence-corrected chi connectivity index (χ2v) is 7.88. The van der Waals surface area contributed by atoms with Gasteiger partial charge in [-0.15, -0.1) is 0 Å². The number of nitrogens with zero attached hydrogens (tertiary/aromatic N) is 2. The quantitative estimate of drug-likeness (QED) is 0.247. The molecule has 2 aromatic rings. The van der Waals surface area contributed by atoms with Gasteiger partial charge in [0, 0.05) is 35.9 Å². The van der Waals surface area contributed by atoms with Crippen molar-refractivity contribution in [2.75, 3.05) is 13.2 Å². The molecule has 0 saturated carbocycles. The minimum absolute atomic E-state index is 0.0702. The molecule has 0 radical (unpaired) electrons. The minimum Gasteiger partial charge on any atom is -0.507 e. The van der Waals surface area contributed by atoms with Gasteiger partial charge in [-0.3, -0.25) is 19.7 Å². The molecule has 1 N–H and O–H groups in total. The van der Waals surface area contributed by atoms with Gasteiger partial charge in [0.05, 0.1) is 22.6 Å². The molecule has 160 valence electrons. The number of ketones is 1. The Hall–Kier alpha value is -3.23. The number of nitro benzene ring substituents is 1. The van der Waals surface area contributed by atoms with E-state index in [0.29, 0.717) is 22.8 Å². The molecule has 2 aromatic carbocycles. The summed E-state index contributed by atoms with van der Waals surface area (Å²) in [7, 11) is 0. The van der Waals surface area contributed by atoms with Gasteiger partial charge in [0.15, 0.2) is 0 Å². The number of carbonyl (C=O) groups excluding carboxylic acids is 2. The van der Waals surface area contributed by atoms with E-state index in [1.165, 1.54) is 29.2 Å². The van der Waals surface area contributed by atoms with E-state index in [1.54, 1.807) is 24.3 Å². The van der Waals surface area contributed by atoms with Gasteiger partial charge in [-0.25, -0.2) is 0 Å². The van der Waals surface area contributed by atoms with E-state index in [-0.39, 0.29) is 29.7 Å². The fraction of sp³-hybridized carbons (Fsp3) is 0.273. The van der Waals surface area contributed by atoms with Crippen molar-refractivity contribution in [2.24, 2.45) is 0 Å². The lowest BCUT2D eigenvalue weighted by molar-refractivity contribution is -0.384. The highest BCUT2D eigenvalue weighted by Crippen LogP contribution is 2.40. The lowest BCUT2D eigenvalue weighted by Gasteiger charge is -2.27. The zero-order valence-corrected chi connectivity index (χ0v) is 17.1. The maximum atomic E-state index is 12.9. The lowest BCUT2D eigenvalue weighted by Crippen LogP contribution is -2.36. The molecule has 2 saturated heterocycles. The molecule has 2 aliphatic rings. The zero-order chi connectivity index (χ0) is 22.1. The Morgan fingerprint density at radius 3 is 2.42 bits per heavy atom. The number of benzene rings is 2. The fourth-order valence-electron chi connectivity index (χ4n) is 3.96. The average Bonchev–Trinajstić information content (AvgIpc) is 3.36. The summed E-state index contributed by atoms with van der Waals surface area (Å²) < 4.78 is 5.64. The summed E-state index contributed by atoms with van der Waals surface area (Å²) in [6, 6.07) is 11.0. The first-order valence-electron chi connectivity index (χ1n) is 9.77. The summed E-state index contributed by atoms with van der Waals surface area (Å²) in [4.78, 5) is 37.7. The van der Waals surface area contributed by atoms with Crippen LogP contribution in [0.3, 0.4) is 0 Å². The van der Waals surface area contributed by atoms with E-state index in [2.05, 4.69) is 0 Å². The molecule has 2 aliphatic heterocycles. The number of carbonyl (C=O) groups is 2. The highest BCUT2D eigenvalue weighted by molar-refractivity contribution is 6.46. The number of halogens is 1. The molecule has 8 nitrogen and oxygen atoms in total. The SMILES string of the molecule is O=C1C(=O)N(C[C@@H]2CCCO2)[C@H](c2ccc([N+](=O)[O-])cc2)C1=C(O)c1ccc(Cl)cc1. The standard InChI is InChI=1S/C22H19ClN2O6/c23-15-7-3-14(4-8-15)20(26)18-19(13-5-9-16(10-6-13)25(29)30)24(22(28)21(18)27)12-17-2-1-11-31-17/h3-10,17,19,26H,1-2,11-12H2/t17-,19+/m0/s1. The first-order valence-corrected chi connectivity index (χ1v) is 10.1. The smallest absolute Gasteiger partial charge is 0.295 e. The Morgan fingerprint density at radius 2 is 1.84 bits per heavy atom. The predicted octanol–water partition coefficient (Wildman–Crippen LogP) is 3.85. The summed E-state index contributed by atoms with van der Waals surface area (Å²) in [5, 5.41) is 22.4. The molecule has 0 bridgehead atoms. The monoisotopic (exact) mass is 442 g/mol. The molecule has 4 rings (SSSR count). The van der Waals surface area contributed by atoms with E-state index < -0.39 is 22.7 Å². The molecule has 0 aliphatic carbocycles. The minimum atomic E-state index is -0.888. The molecule has 0 unspecified atom stereocenters. The van der Waals surface area contributed by atoms with Crippen LogP contribution in [0.2, 0.25) is 5.02 Å². The summed E-state index contributed by atoms with van der Waals surface area (Å²) in [5.41, 5.74) is 0.640. The molecular formula is C22H19ClN2O6. The van der Waals surface area contributed by atoms with E-state index in [9.17, 15) is 24.8 Å². The van der Waals surface area contributed by atoms with Gasteiger partial charge in [-0.1, -0.05) is 11.6 Å². The Bertz CT molecular complexity index is 1060. The lowest BCUT2D eigenvalue weighted by atomic mass is 9.95. The Kier molecular flexibility index (Phi) is 5.75. The van der Waals surface area contributed by atoms with Crippen molar-refractivity contribution >= 4 is 34.7 Å². The van der Waals surface area contributed by atoms with Crippen molar-refractivity contribution in [2.45, 2.75) is 25.0 Å². The van der Waals surface area contributed by atoms with Crippen LogP contribution in [-0.4, -0.2) is 45.9 Å². The number of nitro groups is 1. The van der Waals surface area contributed by atoms with Crippen LogP contribution in [0.5, 0.6) is 0 Å². The van der Waals surface area contributed by atoms with Gasteiger partial charge in [-0.05, 0) is 54.8 Å². The number of aliphatic hydroxyl groups excluding tert-OH is 1. The molecule has 2 fully saturated rings. The van der Waals surface area contributed by atoms with Crippen molar-refractivity contribution in [3.63, 3.8) is 0 Å². The highest BCUT2D eigenvalue weighted by Gasteiger charge is 2.47. The van der Waals surface area contributed by atoms with Crippen molar-refractivity contribution in [1.82, 2.24) is 4.90 Å². The zero-order valence-electron chi connectivity index (χ0n) is 16.4. The first-order chi connectivity index (χ1) is 14.9. The van der Waals surface area contributed by atoms with Crippen LogP contribution in [-0.2, 0) is 14.3 Å². The number of Topliss-reactive ketones (excluding diaryl/α,β-unsaturated/α-hetero) is 1. The van der Waals surface area contributed by atoms with Gasteiger partial charge >= 0.3 is 0 Å². The van der Waals surface area contributed by atoms with E-state index in [0.717, 1.165) is 12.8 Å². The highest BCUT2D eigenvalue weighted by atomic mass is 35.5. The Morgan fingerprint density at radius 1 is 1.16 bits per heavy atom. The number of likely N-dealkylation sites (tertiary alicyclic amines) is 1. The second-order valence-electron chi connectivity index (χ2n) is 7.44. The fourth-order valence-corrected chi connectivity index (χ4v) is 4.09.